The molecule has 1 rings (SSSR count). The Hall–Kier alpha value is -1.86. The van der Waals surface area contributed by atoms with Crippen molar-refractivity contribution in [3.8, 4) is 11.8 Å². The highest BCUT2D eigenvalue weighted by molar-refractivity contribution is 7.80. The van der Waals surface area contributed by atoms with E-state index in [1.165, 1.54) is 0 Å². The summed E-state index contributed by atoms with van der Waals surface area (Å²) in [5, 5.41) is 8.85. The van der Waals surface area contributed by atoms with Gasteiger partial charge in [0.1, 0.15) is 16.8 Å². The SMILES string of the molecule is CCOc1ccccc1/C=C(\C#N)C(N)=S. The van der Waals surface area contributed by atoms with E-state index in [9.17, 15) is 0 Å². The number of rotatable bonds is 4. The highest BCUT2D eigenvalue weighted by atomic mass is 32.1. The summed E-state index contributed by atoms with van der Waals surface area (Å²) in [5.74, 6) is 0.717. The van der Waals surface area contributed by atoms with Gasteiger partial charge in [0.2, 0.25) is 0 Å². The number of ether oxygens (including phenoxy) is 1. The first kappa shape index (κ1) is 12.2. The molecule has 0 aliphatic heterocycles. The lowest BCUT2D eigenvalue weighted by atomic mass is 10.1. The predicted octanol–water partition coefficient (Wildman–Crippen LogP) is 2.28. The maximum absolute atomic E-state index is 8.85. The van der Waals surface area contributed by atoms with Crippen LogP contribution in [-0.2, 0) is 0 Å². The first-order valence-corrected chi connectivity index (χ1v) is 5.23. The van der Waals surface area contributed by atoms with Crippen LogP contribution in [0.5, 0.6) is 5.75 Å². The standard InChI is InChI=1S/C12H12N2OS/c1-2-15-11-6-4-3-5-9(11)7-10(8-13)12(14)16/h3-7H,2H2,1H3,(H2,14,16)/b10-7+. The molecule has 0 atom stereocenters. The van der Waals surface area contributed by atoms with Gasteiger partial charge in [0, 0.05) is 5.56 Å². The molecule has 0 aromatic heterocycles. The summed E-state index contributed by atoms with van der Waals surface area (Å²) in [5.41, 5.74) is 6.50. The number of hydrogen-bond acceptors (Lipinski definition) is 3. The van der Waals surface area contributed by atoms with Crippen LogP contribution in [0, 0.1) is 11.3 Å². The van der Waals surface area contributed by atoms with E-state index in [2.05, 4.69) is 0 Å². The Labute approximate surface area is 100 Å². The predicted molar refractivity (Wildman–Crippen MR) is 68.0 cm³/mol. The fourth-order valence-corrected chi connectivity index (χ4v) is 1.31. The van der Waals surface area contributed by atoms with Gasteiger partial charge < -0.3 is 10.5 Å². The topological polar surface area (TPSA) is 59.0 Å². The number of benzene rings is 1. The molecule has 82 valence electrons. The molecule has 0 bridgehead atoms. The second-order valence-corrected chi connectivity index (χ2v) is 3.44. The van der Waals surface area contributed by atoms with Gasteiger partial charge in [-0.1, -0.05) is 30.4 Å². The van der Waals surface area contributed by atoms with Gasteiger partial charge in [-0.2, -0.15) is 5.26 Å². The van der Waals surface area contributed by atoms with Crippen molar-refractivity contribution < 1.29 is 4.74 Å². The van der Waals surface area contributed by atoms with E-state index in [-0.39, 0.29) is 10.6 Å². The Balaban J connectivity index is 3.13. The molecule has 3 nitrogen and oxygen atoms in total. The van der Waals surface area contributed by atoms with Crippen LogP contribution >= 0.6 is 12.2 Å². The fourth-order valence-electron chi connectivity index (χ4n) is 1.20. The van der Waals surface area contributed by atoms with Crippen LogP contribution in [0.25, 0.3) is 6.08 Å². The maximum Gasteiger partial charge on any atom is 0.126 e. The van der Waals surface area contributed by atoms with Crippen molar-refractivity contribution in [2.24, 2.45) is 5.73 Å². The average molecular weight is 232 g/mol. The normalized spacial score (nSPS) is 10.6. The lowest BCUT2D eigenvalue weighted by molar-refractivity contribution is 0.339. The zero-order chi connectivity index (χ0) is 12.0. The molecule has 0 unspecified atom stereocenters. The van der Waals surface area contributed by atoms with Gasteiger partial charge in [0.25, 0.3) is 0 Å². The molecule has 0 amide bonds. The van der Waals surface area contributed by atoms with E-state index >= 15 is 0 Å². The Bertz CT molecular complexity index is 460. The van der Waals surface area contributed by atoms with E-state index < -0.39 is 0 Å². The maximum atomic E-state index is 8.85. The van der Waals surface area contributed by atoms with Crippen LogP contribution in [0.15, 0.2) is 29.8 Å². The Kier molecular flexibility index (Phi) is 4.49. The second kappa shape index (κ2) is 5.89. The molecule has 0 saturated heterocycles. The summed E-state index contributed by atoms with van der Waals surface area (Å²) in [6, 6.07) is 9.38. The van der Waals surface area contributed by atoms with Gasteiger partial charge in [0.05, 0.1) is 12.2 Å². The average Bonchev–Trinajstić information content (AvgIpc) is 2.27. The van der Waals surface area contributed by atoms with Gasteiger partial charge >= 0.3 is 0 Å². The molecule has 0 spiro atoms. The van der Waals surface area contributed by atoms with E-state index in [1.807, 2.05) is 37.3 Å². The highest BCUT2D eigenvalue weighted by Gasteiger charge is 2.03. The molecule has 1 aromatic carbocycles. The second-order valence-electron chi connectivity index (χ2n) is 3.00. The van der Waals surface area contributed by atoms with Gasteiger partial charge in [0.15, 0.2) is 0 Å². The summed E-state index contributed by atoms with van der Waals surface area (Å²) in [6.45, 7) is 2.47. The third-order valence-corrected chi connectivity index (χ3v) is 2.12. The highest BCUT2D eigenvalue weighted by Crippen LogP contribution is 2.20. The summed E-state index contributed by atoms with van der Waals surface area (Å²) >= 11 is 4.77. The summed E-state index contributed by atoms with van der Waals surface area (Å²) in [4.78, 5) is 0.0915. The molecule has 0 fully saturated rings. The summed E-state index contributed by atoms with van der Waals surface area (Å²) < 4.78 is 5.42. The van der Waals surface area contributed by atoms with Crippen molar-refractivity contribution in [1.82, 2.24) is 0 Å². The minimum atomic E-state index is 0.0915. The molecule has 0 aliphatic carbocycles. The van der Waals surface area contributed by atoms with Crippen molar-refractivity contribution >= 4 is 23.3 Å². The number of nitrogens with two attached hydrogens (primary N) is 1. The quantitative estimate of drug-likeness (QED) is 0.491. The minimum Gasteiger partial charge on any atom is -0.493 e. The summed E-state index contributed by atoms with van der Waals surface area (Å²) in [6.07, 6.45) is 1.63. The molecule has 0 aliphatic rings. The van der Waals surface area contributed by atoms with Crippen molar-refractivity contribution in [2.75, 3.05) is 6.61 Å². The van der Waals surface area contributed by atoms with E-state index in [4.69, 9.17) is 28.0 Å². The molecular weight excluding hydrogens is 220 g/mol. The molecule has 2 N–H and O–H groups in total. The van der Waals surface area contributed by atoms with Crippen LogP contribution in [-0.4, -0.2) is 11.6 Å². The van der Waals surface area contributed by atoms with E-state index in [0.29, 0.717) is 12.4 Å². The number of nitriles is 1. The molecule has 0 saturated carbocycles. The van der Waals surface area contributed by atoms with Crippen molar-refractivity contribution in [1.29, 1.82) is 5.26 Å². The van der Waals surface area contributed by atoms with Gasteiger partial charge in [-0.3, -0.25) is 0 Å². The van der Waals surface area contributed by atoms with Gasteiger partial charge in [-0.25, -0.2) is 0 Å². The molecule has 0 heterocycles. The number of hydrogen-bond donors (Lipinski definition) is 1. The van der Waals surface area contributed by atoms with Crippen LogP contribution in [0.2, 0.25) is 0 Å². The van der Waals surface area contributed by atoms with Gasteiger partial charge in [-0.15, -0.1) is 0 Å². The first-order chi connectivity index (χ1) is 7.69. The van der Waals surface area contributed by atoms with Crippen molar-refractivity contribution in [3.63, 3.8) is 0 Å². The molecular formula is C12H12N2OS. The van der Waals surface area contributed by atoms with Crippen molar-refractivity contribution in [2.45, 2.75) is 6.92 Å². The van der Waals surface area contributed by atoms with Crippen LogP contribution in [0.1, 0.15) is 12.5 Å². The minimum absolute atomic E-state index is 0.0915. The van der Waals surface area contributed by atoms with E-state index in [0.717, 1.165) is 5.56 Å². The van der Waals surface area contributed by atoms with Crippen LogP contribution in [0.4, 0.5) is 0 Å². The molecule has 1 aromatic rings. The number of nitrogens with zero attached hydrogens (tertiary/aromatic N) is 1. The Morgan fingerprint density at radius 1 is 1.56 bits per heavy atom. The fraction of sp³-hybridized carbons (Fsp3) is 0.167. The monoisotopic (exact) mass is 232 g/mol. The number of para-hydroxylation sites is 1. The Morgan fingerprint density at radius 2 is 2.25 bits per heavy atom. The smallest absolute Gasteiger partial charge is 0.126 e. The summed E-state index contributed by atoms with van der Waals surface area (Å²) in [7, 11) is 0. The third kappa shape index (κ3) is 3.07. The lowest BCUT2D eigenvalue weighted by Crippen LogP contribution is -2.09. The zero-order valence-corrected chi connectivity index (χ0v) is 9.75. The lowest BCUT2D eigenvalue weighted by Gasteiger charge is -2.06. The first-order valence-electron chi connectivity index (χ1n) is 4.82. The number of thiocarbonyl (C=S) groups is 1. The molecule has 4 heteroatoms. The molecule has 16 heavy (non-hydrogen) atoms. The van der Waals surface area contributed by atoms with Crippen LogP contribution in [0.3, 0.4) is 0 Å². The van der Waals surface area contributed by atoms with Crippen LogP contribution < -0.4 is 10.5 Å². The third-order valence-electron chi connectivity index (χ3n) is 1.90. The Morgan fingerprint density at radius 3 is 2.81 bits per heavy atom. The zero-order valence-electron chi connectivity index (χ0n) is 8.93. The largest absolute Gasteiger partial charge is 0.493 e. The van der Waals surface area contributed by atoms with Crippen molar-refractivity contribution in [3.05, 3.63) is 35.4 Å². The molecule has 0 radical (unpaired) electrons. The van der Waals surface area contributed by atoms with Gasteiger partial charge in [-0.05, 0) is 19.1 Å². The van der Waals surface area contributed by atoms with E-state index in [1.54, 1.807) is 6.08 Å².